The van der Waals surface area contributed by atoms with E-state index in [1.807, 2.05) is 18.3 Å². The van der Waals surface area contributed by atoms with Crippen LogP contribution in [0.3, 0.4) is 0 Å². The summed E-state index contributed by atoms with van der Waals surface area (Å²) in [5.41, 5.74) is 2.36. The second-order valence-electron chi connectivity index (χ2n) is 7.81. The van der Waals surface area contributed by atoms with Crippen molar-refractivity contribution in [2.24, 2.45) is 17.8 Å². The molecule has 4 nitrogen and oxygen atoms in total. The molecule has 3 atom stereocenters. The molecule has 4 heteroatoms. The van der Waals surface area contributed by atoms with E-state index in [0.29, 0.717) is 24.3 Å². The van der Waals surface area contributed by atoms with E-state index in [1.165, 1.54) is 17.4 Å². The summed E-state index contributed by atoms with van der Waals surface area (Å²) in [7, 11) is 0. The van der Waals surface area contributed by atoms with Gasteiger partial charge in [-0.05, 0) is 48.6 Å². The number of carbonyl (C=O) groups excluding carboxylic acids is 1. The maximum atomic E-state index is 12.2. The summed E-state index contributed by atoms with van der Waals surface area (Å²) < 4.78 is 5.78. The zero-order valence-electron chi connectivity index (χ0n) is 15.5. The highest BCUT2D eigenvalue weighted by atomic mass is 16.6. The van der Waals surface area contributed by atoms with Crippen molar-refractivity contribution in [3.63, 3.8) is 0 Å². The molecular formula is C21H30N2O2. The Bertz CT molecular complexity index is 707. The second kappa shape index (κ2) is 7.94. The van der Waals surface area contributed by atoms with Gasteiger partial charge in [-0.15, -0.1) is 0 Å². The predicted octanol–water partition coefficient (Wildman–Crippen LogP) is 4.90. The van der Waals surface area contributed by atoms with Gasteiger partial charge in [-0.1, -0.05) is 45.4 Å². The molecule has 0 saturated heterocycles. The number of hydrogen-bond donors (Lipinski definition) is 2. The number of ether oxygens (including phenoxy) is 1. The topological polar surface area (TPSA) is 54.1 Å². The first-order valence-electron chi connectivity index (χ1n) is 9.54. The number of aromatic nitrogens is 1. The Morgan fingerprint density at radius 3 is 2.92 bits per heavy atom. The van der Waals surface area contributed by atoms with Gasteiger partial charge in [0.1, 0.15) is 6.10 Å². The summed E-state index contributed by atoms with van der Waals surface area (Å²) in [5, 5.41) is 4.15. The zero-order chi connectivity index (χ0) is 17.8. The number of para-hydroxylation sites is 1. The van der Waals surface area contributed by atoms with Crippen LogP contribution in [0.25, 0.3) is 10.9 Å². The van der Waals surface area contributed by atoms with Gasteiger partial charge in [-0.25, -0.2) is 4.79 Å². The molecule has 2 N–H and O–H groups in total. The minimum atomic E-state index is -0.274. The smallest absolute Gasteiger partial charge is 0.407 e. The first-order chi connectivity index (χ1) is 12.0. The fraction of sp³-hybridized carbons (Fsp3) is 0.571. The Morgan fingerprint density at radius 2 is 2.12 bits per heavy atom. The summed E-state index contributed by atoms with van der Waals surface area (Å²) in [6.07, 6.45) is 5.99. The van der Waals surface area contributed by atoms with Crippen LogP contribution in [-0.2, 0) is 11.2 Å². The van der Waals surface area contributed by atoms with Gasteiger partial charge in [0, 0.05) is 23.6 Å². The van der Waals surface area contributed by atoms with Crippen LogP contribution >= 0.6 is 0 Å². The highest BCUT2D eigenvalue weighted by Gasteiger charge is 2.33. The molecule has 0 aliphatic heterocycles. The molecule has 1 aliphatic rings. The van der Waals surface area contributed by atoms with Crippen LogP contribution in [0.1, 0.15) is 45.6 Å². The third-order valence-electron chi connectivity index (χ3n) is 5.56. The van der Waals surface area contributed by atoms with E-state index in [4.69, 9.17) is 4.74 Å². The molecule has 1 amide bonds. The Hall–Kier alpha value is -1.97. The molecule has 1 aromatic carbocycles. The third kappa shape index (κ3) is 4.36. The standard InChI is InChI=1S/C21H30N2O2/c1-14(2)17-9-8-15(3)12-20(17)25-21(24)22-11-10-16-13-23-19-7-5-4-6-18(16)19/h4-7,13-15,17,20,23H,8-12H2,1-3H3,(H,22,24). The van der Waals surface area contributed by atoms with E-state index >= 15 is 0 Å². The molecule has 2 aromatic rings. The lowest BCUT2D eigenvalue weighted by molar-refractivity contribution is 0.00631. The molecule has 0 spiro atoms. The maximum absolute atomic E-state index is 12.2. The monoisotopic (exact) mass is 342 g/mol. The Balaban J connectivity index is 1.50. The summed E-state index contributed by atoms with van der Waals surface area (Å²) in [5.74, 6) is 1.67. The minimum Gasteiger partial charge on any atom is -0.446 e. The van der Waals surface area contributed by atoms with Crippen LogP contribution in [0, 0.1) is 17.8 Å². The SMILES string of the molecule is CC1CCC(C(C)C)C(OC(=O)NCCc2c[nH]c3ccccc23)C1. The number of hydrogen-bond acceptors (Lipinski definition) is 2. The van der Waals surface area contributed by atoms with Gasteiger partial charge in [0.15, 0.2) is 0 Å². The maximum Gasteiger partial charge on any atom is 0.407 e. The van der Waals surface area contributed by atoms with Gasteiger partial charge in [0.2, 0.25) is 0 Å². The number of rotatable bonds is 5. The average molecular weight is 342 g/mol. The summed E-state index contributed by atoms with van der Waals surface area (Å²) in [6, 6.07) is 8.24. The average Bonchev–Trinajstić information content (AvgIpc) is 2.98. The van der Waals surface area contributed by atoms with Gasteiger partial charge in [-0.3, -0.25) is 0 Å². The van der Waals surface area contributed by atoms with Crippen molar-refractivity contribution in [2.75, 3.05) is 6.54 Å². The first kappa shape index (κ1) is 17.8. The summed E-state index contributed by atoms with van der Waals surface area (Å²) in [4.78, 5) is 15.5. The second-order valence-corrected chi connectivity index (χ2v) is 7.81. The van der Waals surface area contributed by atoms with Gasteiger partial charge in [0.05, 0.1) is 0 Å². The van der Waals surface area contributed by atoms with Gasteiger partial charge >= 0.3 is 6.09 Å². The van der Waals surface area contributed by atoms with E-state index in [0.717, 1.165) is 24.8 Å². The molecule has 3 rings (SSSR count). The molecule has 0 radical (unpaired) electrons. The van der Waals surface area contributed by atoms with Crippen molar-refractivity contribution < 1.29 is 9.53 Å². The van der Waals surface area contributed by atoms with Gasteiger partial charge in [0.25, 0.3) is 0 Å². The Kier molecular flexibility index (Phi) is 5.67. The van der Waals surface area contributed by atoms with Crippen molar-refractivity contribution in [1.82, 2.24) is 10.3 Å². The number of benzene rings is 1. The van der Waals surface area contributed by atoms with Crippen molar-refractivity contribution >= 4 is 17.0 Å². The number of alkyl carbamates (subject to hydrolysis) is 1. The van der Waals surface area contributed by atoms with Crippen LogP contribution in [0.5, 0.6) is 0 Å². The van der Waals surface area contributed by atoms with Crippen molar-refractivity contribution in [1.29, 1.82) is 0 Å². The highest BCUT2D eigenvalue weighted by molar-refractivity contribution is 5.83. The summed E-state index contributed by atoms with van der Waals surface area (Å²) in [6.45, 7) is 7.30. The molecule has 136 valence electrons. The van der Waals surface area contributed by atoms with Crippen molar-refractivity contribution in [2.45, 2.75) is 52.6 Å². The van der Waals surface area contributed by atoms with Crippen LogP contribution in [0.2, 0.25) is 0 Å². The van der Waals surface area contributed by atoms with Gasteiger partial charge < -0.3 is 15.0 Å². The van der Waals surface area contributed by atoms with Crippen LogP contribution < -0.4 is 5.32 Å². The van der Waals surface area contributed by atoms with E-state index in [2.05, 4.69) is 43.2 Å². The number of nitrogens with one attached hydrogen (secondary N) is 2. The molecule has 1 heterocycles. The van der Waals surface area contributed by atoms with Crippen LogP contribution in [0.4, 0.5) is 4.79 Å². The van der Waals surface area contributed by atoms with E-state index in [1.54, 1.807) is 0 Å². The summed E-state index contributed by atoms with van der Waals surface area (Å²) >= 11 is 0. The lowest BCUT2D eigenvalue weighted by Gasteiger charge is -2.36. The fourth-order valence-electron chi connectivity index (χ4n) is 4.07. The zero-order valence-corrected chi connectivity index (χ0v) is 15.5. The first-order valence-corrected chi connectivity index (χ1v) is 9.54. The molecule has 1 aliphatic carbocycles. The predicted molar refractivity (Wildman–Crippen MR) is 102 cm³/mol. The molecule has 1 aromatic heterocycles. The molecule has 25 heavy (non-hydrogen) atoms. The van der Waals surface area contributed by atoms with Crippen molar-refractivity contribution in [3.8, 4) is 0 Å². The Labute approximate surface area is 150 Å². The molecular weight excluding hydrogens is 312 g/mol. The Morgan fingerprint density at radius 1 is 1.32 bits per heavy atom. The van der Waals surface area contributed by atoms with Gasteiger partial charge in [-0.2, -0.15) is 0 Å². The van der Waals surface area contributed by atoms with E-state index in [-0.39, 0.29) is 12.2 Å². The van der Waals surface area contributed by atoms with Crippen LogP contribution in [0.15, 0.2) is 30.5 Å². The number of amides is 1. The largest absolute Gasteiger partial charge is 0.446 e. The molecule has 1 saturated carbocycles. The third-order valence-corrected chi connectivity index (χ3v) is 5.56. The number of carbonyl (C=O) groups is 1. The highest BCUT2D eigenvalue weighted by Crippen LogP contribution is 2.35. The van der Waals surface area contributed by atoms with E-state index in [9.17, 15) is 4.79 Å². The fourth-order valence-corrected chi connectivity index (χ4v) is 4.07. The quantitative estimate of drug-likeness (QED) is 0.812. The molecule has 1 fully saturated rings. The number of H-pyrrole nitrogens is 1. The molecule has 3 unspecified atom stereocenters. The van der Waals surface area contributed by atoms with E-state index < -0.39 is 0 Å². The number of fused-ring (bicyclic) bond motifs is 1. The lowest BCUT2D eigenvalue weighted by Crippen LogP contribution is -2.39. The van der Waals surface area contributed by atoms with Crippen LogP contribution in [-0.4, -0.2) is 23.7 Å². The molecule has 0 bridgehead atoms. The normalized spacial score (nSPS) is 23.8. The van der Waals surface area contributed by atoms with Crippen molar-refractivity contribution in [3.05, 3.63) is 36.0 Å². The number of aromatic amines is 1. The minimum absolute atomic E-state index is 0.0526. The lowest BCUT2D eigenvalue weighted by atomic mass is 9.75.